The molecule has 1 aliphatic heterocycles. The molecule has 1 fully saturated rings. The molecule has 1 saturated heterocycles. The molecule has 0 aliphatic carbocycles. The van der Waals surface area contributed by atoms with Crippen LogP contribution in [0.15, 0.2) is 48.5 Å². The molecule has 1 unspecified atom stereocenters. The van der Waals surface area contributed by atoms with Crippen LogP contribution in [0.1, 0.15) is 37.3 Å². The Morgan fingerprint density at radius 3 is 1.96 bits per heavy atom. The Morgan fingerprint density at radius 1 is 0.875 bits per heavy atom. The number of nitrogens with two attached hydrogens (primary N) is 1. The van der Waals surface area contributed by atoms with E-state index in [1.807, 2.05) is 12.1 Å². The van der Waals surface area contributed by atoms with Crippen molar-refractivity contribution in [2.45, 2.75) is 31.7 Å². The van der Waals surface area contributed by atoms with Crippen molar-refractivity contribution in [3.8, 4) is 11.5 Å². The summed E-state index contributed by atoms with van der Waals surface area (Å²) in [5, 5.41) is 0. The van der Waals surface area contributed by atoms with Gasteiger partial charge in [-0.1, -0.05) is 25.0 Å². The fourth-order valence-corrected chi connectivity index (χ4v) is 3.30. The van der Waals surface area contributed by atoms with Crippen molar-refractivity contribution in [3.05, 3.63) is 59.9 Å². The highest BCUT2D eigenvalue weighted by molar-refractivity contribution is 5.34. The maximum Gasteiger partial charge on any atom is 0.127 e. The summed E-state index contributed by atoms with van der Waals surface area (Å²) in [4.78, 5) is 2.50. The molecule has 3 nitrogen and oxygen atoms in total. The Labute approximate surface area is 143 Å². The molecule has 0 radical (unpaired) electrons. The number of hydrogen-bond acceptors (Lipinski definition) is 3. The zero-order chi connectivity index (χ0) is 16.8. The number of rotatable bonds is 5. The average Bonchev–Trinajstić information content (AvgIpc) is 2.89. The van der Waals surface area contributed by atoms with Gasteiger partial charge in [-0.15, -0.1) is 0 Å². The van der Waals surface area contributed by atoms with Crippen LogP contribution in [0, 0.1) is 5.82 Å². The van der Waals surface area contributed by atoms with Crippen molar-refractivity contribution < 1.29 is 9.13 Å². The molecule has 0 bridgehead atoms. The van der Waals surface area contributed by atoms with Gasteiger partial charge in [0.2, 0.25) is 0 Å². The van der Waals surface area contributed by atoms with Crippen molar-refractivity contribution in [1.82, 2.24) is 4.90 Å². The van der Waals surface area contributed by atoms with E-state index in [0.717, 1.165) is 18.8 Å². The lowest BCUT2D eigenvalue weighted by molar-refractivity contribution is 0.209. The monoisotopic (exact) mass is 328 g/mol. The molecular formula is C20H25FN2O. The van der Waals surface area contributed by atoms with Crippen molar-refractivity contribution in [1.29, 1.82) is 0 Å². The summed E-state index contributed by atoms with van der Waals surface area (Å²) in [5.41, 5.74) is 7.28. The van der Waals surface area contributed by atoms with Gasteiger partial charge in [-0.25, -0.2) is 4.39 Å². The zero-order valence-electron chi connectivity index (χ0n) is 14.0. The molecule has 1 atom stereocenters. The molecule has 0 amide bonds. The van der Waals surface area contributed by atoms with E-state index in [2.05, 4.69) is 17.0 Å². The number of halogens is 1. The van der Waals surface area contributed by atoms with Gasteiger partial charge in [0.05, 0.1) is 0 Å². The first-order valence-corrected chi connectivity index (χ1v) is 8.74. The summed E-state index contributed by atoms with van der Waals surface area (Å²) in [6.45, 7) is 2.86. The normalized spacial score (nSPS) is 17.2. The minimum atomic E-state index is -0.263. The SMILES string of the molecule is NCC(c1ccc(Oc2ccc(F)cc2)cc1)N1CCCCCC1. The molecule has 2 aromatic carbocycles. The highest BCUT2D eigenvalue weighted by atomic mass is 19.1. The fourth-order valence-electron chi connectivity index (χ4n) is 3.30. The van der Waals surface area contributed by atoms with Crippen LogP contribution in [0.3, 0.4) is 0 Å². The first kappa shape index (κ1) is 16.9. The van der Waals surface area contributed by atoms with Gasteiger partial charge in [0.15, 0.2) is 0 Å². The van der Waals surface area contributed by atoms with Gasteiger partial charge in [-0.3, -0.25) is 4.90 Å². The minimum absolute atomic E-state index is 0.263. The first-order valence-electron chi connectivity index (χ1n) is 8.74. The smallest absolute Gasteiger partial charge is 0.127 e. The maximum atomic E-state index is 12.9. The predicted octanol–water partition coefficient (Wildman–Crippen LogP) is 4.49. The van der Waals surface area contributed by atoms with E-state index in [1.165, 1.54) is 43.4 Å². The topological polar surface area (TPSA) is 38.5 Å². The summed E-state index contributed by atoms with van der Waals surface area (Å²) in [6, 6.07) is 14.4. The fraction of sp³-hybridized carbons (Fsp3) is 0.400. The molecule has 128 valence electrons. The van der Waals surface area contributed by atoms with Gasteiger partial charge in [0, 0.05) is 12.6 Å². The molecule has 3 rings (SSSR count). The van der Waals surface area contributed by atoms with Crippen LogP contribution in [0.25, 0.3) is 0 Å². The minimum Gasteiger partial charge on any atom is -0.457 e. The van der Waals surface area contributed by atoms with E-state index in [9.17, 15) is 4.39 Å². The lowest BCUT2D eigenvalue weighted by atomic mass is 10.0. The molecule has 1 aliphatic rings. The van der Waals surface area contributed by atoms with Gasteiger partial charge in [0.1, 0.15) is 17.3 Å². The largest absolute Gasteiger partial charge is 0.457 e. The Kier molecular flexibility index (Phi) is 5.83. The van der Waals surface area contributed by atoms with Crippen LogP contribution in [0.4, 0.5) is 4.39 Å². The Morgan fingerprint density at radius 2 is 1.42 bits per heavy atom. The number of likely N-dealkylation sites (tertiary alicyclic amines) is 1. The second-order valence-electron chi connectivity index (χ2n) is 6.33. The molecule has 0 aromatic heterocycles. The molecular weight excluding hydrogens is 303 g/mol. The second-order valence-corrected chi connectivity index (χ2v) is 6.33. The third-order valence-corrected chi connectivity index (χ3v) is 4.62. The van der Waals surface area contributed by atoms with E-state index in [4.69, 9.17) is 10.5 Å². The summed E-state index contributed by atoms with van der Waals surface area (Å²) in [7, 11) is 0. The van der Waals surface area contributed by atoms with E-state index in [0.29, 0.717) is 12.3 Å². The Bertz CT molecular complexity index is 619. The Balaban J connectivity index is 1.68. The number of ether oxygens (including phenoxy) is 1. The highest BCUT2D eigenvalue weighted by Crippen LogP contribution is 2.27. The maximum absolute atomic E-state index is 12.9. The van der Waals surface area contributed by atoms with Crippen molar-refractivity contribution in [3.63, 3.8) is 0 Å². The molecule has 1 heterocycles. The van der Waals surface area contributed by atoms with Crippen LogP contribution in [0.2, 0.25) is 0 Å². The van der Waals surface area contributed by atoms with Gasteiger partial charge >= 0.3 is 0 Å². The summed E-state index contributed by atoms with van der Waals surface area (Å²) < 4.78 is 18.7. The Hall–Kier alpha value is -1.91. The van der Waals surface area contributed by atoms with Crippen LogP contribution < -0.4 is 10.5 Å². The van der Waals surface area contributed by atoms with Gasteiger partial charge in [-0.2, -0.15) is 0 Å². The third kappa shape index (κ3) is 4.34. The van der Waals surface area contributed by atoms with E-state index in [1.54, 1.807) is 12.1 Å². The van der Waals surface area contributed by atoms with Gasteiger partial charge in [0.25, 0.3) is 0 Å². The summed E-state index contributed by atoms with van der Waals surface area (Å²) >= 11 is 0. The quantitative estimate of drug-likeness (QED) is 0.878. The highest BCUT2D eigenvalue weighted by Gasteiger charge is 2.20. The standard InChI is InChI=1S/C20H25FN2O/c21-17-7-11-19(12-8-17)24-18-9-5-16(6-10-18)20(15-22)23-13-3-1-2-4-14-23/h5-12,20H,1-4,13-15,22H2. The lowest BCUT2D eigenvalue weighted by Gasteiger charge is -2.30. The van der Waals surface area contributed by atoms with E-state index < -0.39 is 0 Å². The van der Waals surface area contributed by atoms with Crippen LogP contribution in [0.5, 0.6) is 11.5 Å². The molecule has 4 heteroatoms. The van der Waals surface area contributed by atoms with Crippen LogP contribution in [-0.2, 0) is 0 Å². The summed E-state index contributed by atoms with van der Waals surface area (Å²) in [6.07, 6.45) is 5.14. The van der Waals surface area contributed by atoms with Crippen molar-refractivity contribution >= 4 is 0 Å². The van der Waals surface area contributed by atoms with E-state index in [-0.39, 0.29) is 11.9 Å². The van der Waals surface area contributed by atoms with Crippen LogP contribution >= 0.6 is 0 Å². The lowest BCUT2D eigenvalue weighted by Crippen LogP contribution is -2.34. The summed E-state index contributed by atoms with van der Waals surface area (Å²) in [5.74, 6) is 1.12. The van der Waals surface area contributed by atoms with Gasteiger partial charge < -0.3 is 10.5 Å². The number of benzene rings is 2. The zero-order valence-corrected chi connectivity index (χ0v) is 14.0. The second kappa shape index (κ2) is 8.27. The number of nitrogens with zero attached hydrogens (tertiary/aromatic N) is 1. The predicted molar refractivity (Wildman–Crippen MR) is 94.8 cm³/mol. The first-order chi connectivity index (χ1) is 11.8. The molecule has 0 saturated carbocycles. The van der Waals surface area contributed by atoms with Gasteiger partial charge in [-0.05, 0) is 67.9 Å². The van der Waals surface area contributed by atoms with Crippen molar-refractivity contribution in [2.24, 2.45) is 5.73 Å². The molecule has 2 aromatic rings. The number of hydrogen-bond donors (Lipinski definition) is 1. The molecule has 24 heavy (non-hydrogen) atoms. The van der Waals surface area contributed by atoms with E-state index >= 15 is 0 Å². The van der Waals surface area contributed by atoms with Crippen LogP contribution in [-0.4, -0.2) is 24.5 Å². The molecule has 0 spiro atoms. The molecule has 2 N–H and O–H groups in total. The third-order valence-electron chi connectivity index (χ3n) is 4.62. The average molecular weight is 328 g/mol. The van der Waals surface area contributed by atoms with Crippen molar-refractivity contribution in [2.75, 3.05) is 19.6 Å².